The zero-order chi connectivity index (χ0) is 20.8. The third-order valence-corrected chi connectivity index (χ3v) is 5.95. The second-order valence-electron chi connectivity index (χ2n) is 8.35. The zero-order valence-corrected chi connectivity index (χ0v) is 20.4. The van der Waals surface area contributed by atoms with Crippen LogP contribution in [0.25, 0.3) is 22.1 Å². The van der Waals surface area contributed by atoms with Crippen LogP contribution in [0.1, 0.15) is 56.3 Å². The molecule has 7 heteroatoms. The average molecular weight is 426 g/mol. The van der Waals surface area contributed by atoms with Gasteiger partial charge in [0, 0.05) is 18.9 Å². The van der Waals surface area contributed by atoms with Gasteiger partial charge < -0.3 is 15.7 Å². The Bertz CT molecular complexity index is 1280. The summed E-state index contributed by atoms with van der Waals surface area (Å²) in [7, 11) is 0. The molecule has 0 amide bonds. The van der Waals surface area contributed by atoms with Gasteiger partial charge in [-0.05, 0) is 55.5 Å². The molecule has 1 N–H and O–H groups in total. The molecule has 5 rings (SSSR count). The molecule has 1 saturated carbocycles. The van der Waals surface area contributed by atoms with E-state index in [9.17, 15) is 9.90 Å². The smallest absolute Gasteiger partial charge is 1.00 e. The third-order valence-electron chi connectivity index (χ3n) is 5.95. The fourth-order valence-corrected chi connectivity index (χ4v) is 4.36. The maximum Gasteiger partial charge on any atom is 1.00 e. The zero-order valence-electron chi connectivity index (χ0n) is 19.4. The summed E-state index contributed by atoms with van der Waals surface area (Å²) >= 11 is 0. The van der Waals surface area contributed by atoms with E-state index in [1.807, 2.05) is 10.6 Å². The van der Waals surface area contributed by atoms with Gasteiger partial charge in [0.2, 0.25) is 0 Å². The number of para-hydroxylation sites is 1. The van der Waals surface area contributed by atoms with Crippen LogP contribution < -0.4 is 29.6 Å². The molecule has 0 saturated heterocycles. The van der Waals surface area contributed by atoms with Crippen molar-refractivity contribution in [3.05, 3.63) is 59.2 Å². The van der Waals surface area contributed by atoms with Gasteiger partial charge in [-0.1, -0.05) is 25.1 Å². The molecule has 31 heavy (non-hydrogen) atoms. The third kappa shape index (κ3) is 4.16. The van der Waals surface area contributed by atoms with Gasteiger partial charge >= 0.3 is 35.5 Å². The first kappa shape index (κ1) is 22.1. The number of carbonyl (C=O) groups is 1. The van der Waals surface area contributed by atoms with E-state index in [1.54, 1.807) is 0 Å². The maximum absolute atomic E-state index is 11.4. The first-order valence-corrected chi connectivity index (χ1v) is 10.7. The summed E-state index contributed by atoms with van der Waals surface area (Å²) in [6.45, 7) is 4.98. The topological polar surface area (TPSA) is 72.9 Å². The van der Waals surface area contributed by atoms with E-state index < -0.39 is 5.97 Å². The molecule has 0 aliphatic heterocycles. The molecular weight excluding hydrogens is 399 g/mol. The van der Waals surface area contributed by atoms with E-state index in [-0.39, 0.29) is 37.5 Å². The van der Waals surface area contributed by atoms with E-state index in [4.69, 9.17) is 9.97 Å². The summed E-state index contributed by atoms with van der Waals surface area (Å²) < 4.78 is 4.18. The van der Waals surface area contributed by atoms with Crippen molar-refractivity contribution >= 4 is 28.0 Å². The SMILES string of the molecule is CCCc1nc2c(C)cccc2n1Cc1ccc2c(c1)nc(C1CC1)n2CC(=O)O.[H-].[Na+]. The molecule has 2 heterocycles. The average Bonchev–Trinajstić information content (AvgIpc) is 3.42. The molecule has 0 bridgehead atoms. The van der Waals surface area contributed by atoms with E-state index >= 15 is 0 Å². The predicted octanol–water partition coefficient (Wildman–Crippen LogP) is 1.77. The first-order valence-electron chi connectivity index (χ1n) is 10.7. The van der Waals surface area contributed by atoms with Gasteiger partial charge in [0.25, 0.3) is 0 Å². The Balaban J connectivity index is 0.00000144. The quantitative estimate of drug-likeness (QED) is 0.457. The van der Waals surface area contributed by atoms with E-state index in [0.29, 0.717) is 5.92 Å². The van der Waals surface area contributed by atoms with Crippen LogP contribution >= 0.6 is 0 Å². The van der Waals surface area contributed by atoms with Crippen LogP contribution in [0, 0.1) is 6.92 Å². The fraction of sp³-hybridized carbons (Fsp3) is 0.375. The van der Waals surface area contributed by atoms with Crippen LogP contribution in [0.4, 0.5) is 0 Å². The molecule has 1 aliphatic carbocycles. The molecule has 2 aromatic heterocycles. The summed E-state index contributed by atoms with van der Waals surface area (Å²) in [5.41, 5.74) is 6.37. The molecule has 1 aliphatic rings. The van der Waals surface area contributed by atoms with Gasteiger partial charge in [0.05, 0.1) is 22.1 Å². The number of aryl methyl sites for hydroxylation is 2. The Kier molecular flexibility index (Phi) is 6.24. The monoisotopic (exact) mass is 426 g/mol. The standard InChI is InChI=1S/C24H26N4O2.Na.H/c1-3-5-21-26-23-15(2)6-4-7-20(23)27(21)13-16-8-11-19-18(12-16)25-24(17-9-10-17)28(19)14-22(29)30;;/h4,6-8,11-12,17H,3,5,9-10,13-14H2,1-2H3,(H,29,30);;/q;+1;-1. The van der Waals surface area contributed by atoms with Gasteiger partial charge in [-0.3, -0.25) is 4.79 Å². The Labute approximate surface area is 205 Å². The van der Waals surface area contributed by atoms with Gasteiger partial charge in [-0.25, -0.2) is 9.97 Å². The van der Waals surface area contributed by atoms with Crippen LogP contribution in [0.5, 0.6) is 0 Å². The van der Waals surface area contributed by atoms with Gasteiger partial charge in [-0.2, -0.15) is 0 Å². The van der Waals surface area contributed by atoms with Crippen LogP contribution in [0.3, 0.4) is 0 Å². The Morgan fingerprint density at radius 2 is 1.97 bits per heavy atom. The van der Waals surface area contributed by atoms with Crippen molar-refractivity contribution < 1.29 is 40.9 Å². The summed E-state index contributed by atoms with van der Waals surface area (Å²) in [6.07, 6.45) is 4.17. The van der Waals surface area contributed by atoms with Crippen molar-refractivity contribution in [2.24, 2.45) is 0 Å². The molecule has 1 fully saturated rings. The predicted molar refractivity (Wildman–Crippen MR) is 118 cm³/mol. The number of hydrogen-bond acceptors (Lipinski definition) is 3. The largest absolute Gasteiger partial charge is 1.00 e. The summed E-state index contributed by atoms with van der Waals surface area (Å²) in [4.78, 5) is 21.1. The molecular formula is C24H27N4NaO2. The number of carboxylic acid groups (broad SMARTS) is 1. The Morgan fingerprint density at radius 1 is 1.16 bits per heavy atom. The summed E-state index contributed by atoms with van der Waals surface area (Å²) in [6, 6.07) is 12.6. The number of nitrogens with zero attached hydrogens (tertiary/aromatic N) is 4. The Hall–Kier alpha value is -2.15. The van der Waals surface area contributed by atoms with Crippen LogP contribution in [-0.2, 0) is 24.3 Å². The molecule has 0 unspecified atom stereocenters. The number of hydrogen-bond donors (Lipinski definition) is 1. The van der Waals surface area contributed by atoms with Crippen molar-refractivity contribution in [3.8, 4) is 0 Å². The van der Waals surface area contributed by atoms with Crippen molar-refractivity contribution in [1.82, 2.24) is 19.1 Å². The van der Waals surface area contributed by atoms with Crippen LogP contribution in [0.2, 0.25) is 0 Å². The number of aliphatic carboxylic acids is 1. The van der Waals surface area contributed by atoms with Crippen molar-refractivity contribution in [2.75, 3.05) is 0 Å². The van der Waals surface area contributed by atoms with Gasteiger partial charge in [0.15, 0.2) is 0 Å². The van der Waals surface area contributed by atoms with Crippen molar-refractivity contribution in [3.63, 3.8) is 0 Å². The minimum absolute atomic E-state index is 0. The number of benzene rings is 2. The minimum atomic E-state index is -0.829. The molecule has 0 atom stereocenters. The normalized spacial score (nSPS) is 13.6. The van der Waals surface area contributed by atoms with E-state index in [1.165, 1.54) is 5.56 Å². The number of imidazole rings is 2. The van der Waals surface area contributed by atoms with Crippen LogP contribution in [-0.4, -0.2) is 30.2 Å². The number of aromatic nitrogens is 4. The number of fused-ring (bicyclic) bond motifs is 2. The van der Waals surface area contributed by atoms with Crippen molar-refractivity contribution in [2.45, 2.75) is 58.5 Å². The molecule has 0 spiro atoms. The Morgan fingerprint density at radius 3 is 2.68 bits per heavy atom. The molecule has 6 nitrogen and oxygen atoms in total. The maximum atomic E-state index is 11.4. The molecule has 156 valence electrons. The number of carboxylic acids is 1. The van der Waals surface area contributed by atoms with Crippen LogP contribution in [0.15, 0.2) is 36.4 Å². The molecule has 0 radical (unpaired) electrons. The summed E-state index contributed by atoms with van der Waals surface area (Å²) in [5.74, 6) is 1.60. The first-order chi connectivity index (χ1) is 14.5. The molecule has 2 aromatic carbocycles. The van der Waals surface area contributed by atoms with Gasteiger partial charge in [-0.15, -0.1) is 0 Å². The minimum Gasteiger partial charge on any atom is -1.00 e. The second kappa shape index (κ2) is 8.77. The fourth-order valence-electron chi connectivity index (χ4n) is 4.36. The van der Waals surface area contributed by atoms with Crippen molar-refractivity contribution in [1.29, 1.82) is 0 Å². The van der Waals surface area contributed by atoms with Gasteiger partial charge in [0.1, 0.15) is 18.2 Å². The number of rotatable bonds is 7. The second-order valence-corrected chi connectivity index (χ2v) is 8.35. The van der Waals surface area contributed by atoms with E-state index in [2.05, 4.69) is 48.7 Å². The summed E-state index contributed by atoms with van der Waals surface area (Å²) in [5, 5.41) is 9.34. The van der Waals surface area contributed by atoms with E-state index in [0.717, 1.165) is 71.5 Å². The molecule has 4 aromatic rings.